The molecule has 0 amide bonds. The normalized spacial score (nSPS) is 10.3. The van der Waals surface area contributed by atoms with Crippen LogP contribution in [0.25, 0.3) is 66.8 Å². The predicted octanol–water partition coefficient (Wildman–Crippen LogP) is 25.1. The van der Waals surface area contributed by atoms with Crippen LogP contribution in [-0.4, -0.2) is 0 Å². The molecule has 0 heteroatoms. The van der Waals surface area contributed by atoms with Crippen molar-refractivity contribution in [1.82, 2.24) is 0 Å². The molecule has 12 aromatic rings. The van der Waals surface area contributed by atoms with E-state index in [1.807, 2.05) is 0 Å². The summed E-state index contributed by atoms with van der Waals surface area (Å²) < 4.78 is 0. The fraction of sp³-hybridized carbons (Fsp3) is 0.182. The van der Waals surface area contributed by atoms with E-state index < -0.39 is 0 Å². The lowest BCUT2D eigenvalue weighted by Crippen LogP contribution is -1.90. The average Bonchev–Trinajstić information content (AvgIpc) is 3.17. The molecule has 0 nitrogen and oxygen atoms in total. The van der Waals surface area contributed by atoms with Crippen molar-refractivity contribution in [1.29, 1.82) is 0 Å². The SMILES string of the molecule is Cc1ccc(-c2ccccc2C)cc1.Cc1cccc(-c2c(C)cc(C)cc2C)c1.Cc1cccc(-c2cc(C)cc(C)c2)c1.Cc1cccc(-c2ccc(C)cc2C)c1.Cc1cccc(-c2ccccc2C)c1.Cc1ccccc1-c1ccccc1C. The zero-order valence-electron chi connectivity index (χ0n) is 55.4. The van der Waals surface area contributed by atoms with Gasteiger partial charge < -0.3 is 0 Å². The van der Waals surface area contributed by atoms with Gasteiger partial charge in [-0.25, -0.2) is 0 Å². The summed E-state index contributed by atoms with van der Waals surface area (Å²) in [6, 6.07) is 95.1. The van der Waals surface area contributed by atoms with Crippen LogP contribution < -0.4 is 0 Å². The first-order valence-corrected chi connectivity index (χ1v) is 31.0. The standard InChI is InChI=1S/C16H18.2C15H16.3C14H14/c1-11-6-5-7-15(10-11)16-13(3)8-12(2)9-14(16)4;1-11-5-4-6-14(8-11)15-9-12(2)7-13(3)10-15;1-11-5-4-6-14(10-11)15-8-7-12(2)9-13(15)3;1-11-7-3-5-9-13(11)14-10-6-4-8-12(14)2;1-11-6-5-8-13(10-11)14-9-4-3-7-12(14)2;1-11-7-9-13(10-8-11)14-6-4-3-5-12(14)2/h5-10H,1-4H3;2*4-10H,1-3H3;3*3-10H,1-2H3. The van der Waals surface area contributed by atoms with Gasteiger partial charge in [-0.3, -0.25) is 0 Å². The Balaban J connectivity index is 0.000000151. The van der Waals surface area contributed by atoms with Crippen molar-refractivity contribution >= 4 is 0 Å². The highest BCUT2D eigenvalue weighted by Crippen LogP contribution is 2.31. The summed E-state index contributed by atoms with van der Waals surface area (Å²) in [5, 5.41) is 0. The molecule has 0 aromatic heterocycles. The maximum atomic E-state index is 2.25. The molecule has 12 rings (SSSR count). The Morgan fingerprint density at radius 3 is 0.841 bits per heavy atom. The lowest BCUT2D eigenvalue weighted by atomic mass is 9.93. The molecule has 0 atom stereocenters. The molecule has 0 saturated carbocycles. The summed E-state index contributed by atoms with van der Waals surface area (Å²) in [5.41, 5.74) is 37.2. The van der Waals surface area contributed by atoms with Gasteiger partial charge in [0.2, 0.25) is 0 Å². The monoisotopic (exact) mass is 1150 g/mol. The maximum absolute atomic E-state index is 2.25. The van der Waals surface area contributed by atoms with Gasteiger partial charge in [-0.05, 0) is 216 Å². The van der Waals surface area contributed by atoms with Gasteiger partial charge in [0.05, 0.1) is 0 Å². The highest BCUT2D eigenvalue weighted by atomic mass is 14.1. The van der Waals surface area contributed by atoms with Crippen LogP contribution in [0, 0.1) is 111 Å². The van der Waals surface area contributed by atoms with E-state index in [1.165, 1.54) is 156 Å². The third-order valence-corrected chi connectivity index (χ3v) is 15.8. The third-order valence-electron chi connectivity index (χ3n) is 15.8. The molecule has 0 aliphatic carbocycles. The summed E-state index contributed by atoms with van der Waals surface area (Å²) in [6.45, 7) is 34.4. The highest BCUT2D eigenvalue weighted by Gasteiger charge is 2.08. The maximum Gasteiger partial charge on any atom is -0.0125 e. The van der Waals surface area contributed by atoms with Crippen LogP contribution in [0.15, 0.2) is 267 Å². The molecule has 0 saturated heterocycles. The molecule has 0 aliphatic rings. The minimum atomic E-state index is 1.30. The Bertz CT molecular complexity index is 4110. The van der Waals surface area contributed by atoms with Crippen LogP contribution in [0.2, 0.25) is 0 Å². The summed E-state index contributed by atoms with van der Waals surface area (Å²) in [4.78, 5) is 0. The second-order valence-corrected chi connectivity index (χ2v) is 24.1. The Kier molecular flexibility index (Phi) is 24.4. The molecule has 0 unspecified atom stereocenters. The van der Waals surface area contributed by atoms with Crippen LogP contribution in [0.1, 0.15) is 89.0 Å². The number of rotatable bonds is 6. The Morgan fingerprint density at radius 1 is 0.136 bits per heavy atom. The van der Waals surface area contributed by atoms with E-state index in [0.29, 0.717) is 0 Å². The Hall–Kier alpha value is -9.36. The van der Waals surface area contributed by atoms with Crippen LogP contribution in [0.3, 0.4) is 0 Å². The Labute approximate surface area is 530 Å². The lowest BCUT2D eigenvalue weighted by Gasteiger charge is -2.12. The number of benzene rings is 12. The largest absolute Gasteiger partial charge is 0.0620 e. The van der Waals surface area contributed by atoms with E-state index in [-0.39, 0.29) is 0 Å². The van der Waals surface area contributed by atoms with Crippen molar-refractivity contribution < 1.29 is 0 Å². The lowest BCUT2D eigenvalue weighted by molar-refractivity contribution is 1.31. The number of hydrogen-bond donors (Lipinski definition) is 0. The molecule has 0 radical (unpaired) electrons. The van der Waals surface area contributed by atoms with Gasteiger partial charge in [0.1, 0.15) is 0 Å². The topological polar surface area (TPSA) is 0 Å². The van der Waals surface area contributed by atoms with Crippen molar-refractivity contribution in [3.05, 3.63) is 356 Å². The van der Waals surface area contributed by atoms with Crippen molar-refractivity contribution in [3.8, 4) is 66.8 Å². The van der Waals surface area contributed by atoms with Gasteiger partial charge in [0.15, 0.2) is 0 Å². The third kappa shape index (κ3) is 19.6. The molecule has 0 fully saturated rings. The Morgan fingerprint density at radius 2 is 0.432 bits per heavy atom. The van der Waals surface area contributed by atoms with Crippen molar-refractivity contribution in [2.75, 3.05) is 0 Å². The first-order valence-electron chi connectivity index (χ1n) is 31.0. The fourth-order valence-electron chi connectivity index (χ4n) is 11.4. The van der Waals surface area contributed by atoms with Gasteiger partial charge in [-0.2, -0.15) is 0 Å². The van der Waals surface area contributed by atoms with Gasteiger partial charge in [-0.1, -0.05) is 317 Å². The summed E-state index contributed by atoms with van der Waals surface area (Å²) in [6.07, 6.45) is 0. The van der Waals surface area contributed by atoms with Crippen molar-refractivity contribution in [2.24, 2.45) is 0 Å². The second kappa shape index (κ2) is 32.4. The molecule has 88 heavy (non-hydrogen) atoms. The van der Waals surface area contributed by atoms with Crippen LogP contribution in [0.5, 0.6) is 0 Å². The van der Waals surface area contributed by atoms with E-state index in [9.17, 15) is 0 Å². The average molecular weight is 1150 g/mol. The number of hydrogen-bond acceptors (Lipinski definition) is 0. The highest BCUT2D eigenvalue weighted by molar-refractivity contribution is 5.74. The number of aryl methyl sites for hydroxylation is 16. The van der Waals surface area contributed by atoms with Gasteiger partial charge in [0, 0.05) is 0 Å². The van der Waals surface area contributed by atoms with Gasteiger partial charge >= 0.3 is 0 Å². The second-order valence-electron chi connectivity index (χ2n) is 24.1. The van der Waals surface area contributed by atoms with E-state index in [0.717, 1.165) is 0 Å². The summed E-state index contributed by atoms with van der Waals surface area (Å²) in [5.74, 6) is 0. The van der Waals surface area contributed by atoms with E-state index in [4.69, 9.17) is 0 Å². The predicted molar refractivity (Wildman–Crippen MR) is 387 cm³/mol. The smallest absolute Gasteiger partial charge is 0.0125 e. The van der Waals surface area contributed by atoms with Gasteiger partial charge in [0.25, 0.3) is 0 Å². The quantitative estimate of drug-likeness (QED) is 0.156. The zero-order valence-corrected chi connectivity index (χ0v) is 55.4. The molecule has 0 N–H and O–H groups in total. The van der Waals surface area contributed by atoms with Crippen LogP contribution >= 0.6 is 0 Å². The zero-order chi connectivity index (χ0) is 63.3. The fourth-order valence-corrected chi connectivity index (χ4v) is 11.4. The molecular formula is C88H92. The molecule has 0 spiro atoms. The van der Waals surface area contributed by atoms with Crippen LogP contribution in [-0.2, 0) is 0 Å². The van der Waals surface area contributed by atoms with E-state index in [1.54, 1.807) is 0 Å². The van der Waals surface area contributed by atoms with E-state index in [2.05, 4.69) is 378 Å². The summed E-state index contributed by atoms with van der Waals surface area (Å²) in [7, 11) is 0. The van der Waals surface area contributed by atoms with Gasteiger partial charge in [-0.15, -0.1) is 0 Å². The van der Waals surface area contributed by atoms with Crippen LogP contribution in [0.4, 0.5) is 0 Å². The van der Waals surface area contributed by atoms with Crippen molar-refractivity contribution in [2.45, 2.75) is 111 Å². The van der Waals surface area contributed by atoms with Crippen molar-refractivity contribution in [3.63, 3.8) is 0 Å². The summed E-state index contributed by atoms with van der Waals surface area (Å²) >= 11 is 0. The molecular weight excluding hydrogens is 1060 g/mol. The first kappa shape index (κ1) is 66.2. The molecule has 444 valence electrons. The molecule has 0 heterocycles. The minimum Gasteiger partial charge on any atom is -0.0620 e. The first-order chi connectivity index (χ1) is 42.2. The molecule has 12 aromatic carbocycles. The molecule has 0 aliphatic heterocycles. The molecule has 0 bridgehead atoms. The van der Waals surface area contributed by atoms with E-state index >= 15 is 0 Å². The minimum absolute atomic E-state index is 1.30.